The summed E-state index contributed by atoms with van der Waals surface area (Å²) >= 11 is 0. The maximum atomic E-state index is 11.5. The minimum Gasteiger partial charge on any atom is -0.497 e. The van der Waals surface area contributed by atoms with Gasteiger partial charge in [0, 0.05) is 43.9 Å². The van der Waals surface area contributed by atoms with Crippen LogP contribution in [0.4, 0.5) is 5.82 Å². The highest BCUT2D eigenvalue weighted by Gasteiger charge is 2.24. The van der Waals surface area contributed by atoms with E-state index in [4.69, 9.17) is 15.5 Å². The third-order valence-electron chi connectivity index (χ3n) is 5.43. The van der Waals surface area contributed by atoms with E-state index in [-0.39, 0.29) is 11.8 Å². The molecule has 1 aromatic heterocycles. The molecule has 0 saturated carbocycles. The molecule has 1 fully saturated rings. The lowest BCUT2D eigenvalue weighted by atomic mass is 9.96. The Balaban J connectivity index is 1.63. The molecule has 166 valence electrons. The second-order valence-corrected chi connectivity index (χ2v) is 7.55. The summed E-state index contributed by atoms with van der Waals surface area (Å²) in [6.07, 6.45) is 3.34. The number of carbonyl (C=O) groups excluding carboxylic acids is 1. The predicted molar refractivity (Wildman–Crippen MR) is 123 cm³/mol. The quantitative estimate of drug-likeness (QED) is 0.443. The third-order valence-corrected chi connectivity index (χ3v) is 5.43. The number of rotatable bonds is 8. The topological polar surface area (TPSA) is 105 Å². The van der Waals surface area contributed by atoms with Crippen LogP contribution in [0.25, 0.3) is 0 Å². The van der Waals surface area contributed by atoms with Crippen LogP contribution in [0, 0.1) is 5.92 Å². The molecule has 8 heteroatoms. The van der Waals surface area contributed by atoms with Crippen molar-refractivity contribution in [3.8, 4) is 5.75 Å². The first-order valence-electron chi connectivity index (χ1n) is 10.7. The van der Waals surface area contributed by atoms with Gasteiger partial charge in [-0.1, -0.05) is 18.2 Å². The third kappa shape index (κ3) is 6.34. The summed E-state index contributed by atoms with van der Waals surface area (Å²) in [7, 11) is 1.66. The Morgan fingerprint density at radius 1 is 1.23 bits per heavy atom. The van der Waals surface area contributed by atoms with E-state index in [1.807, 2.05) is 43.5 Å². The van der Waals surface area contributed by atoms with Gasteiger partial charge < -0.3 is 26.0 Å². The Morgan fingerprint density at radius 3 is 2.61 bits per heavy atom. The van der Waals surface area contributed by atoms with Crippen molar-refractivity contribution < 1.29 is 9.53 Å². The first-order chi connectivity index (χ1) is 15.1. The van der Waals surface area contributed by atoms with E-state index < -0.39 is 0 Å². The Labute approximate surface area is 183 Å². The first kappa shape index (κ1) is 22.4. The number of hydrogen-bond acceptors (Lipinski definition) is 5. The van der Waals surface area contributed by atoms with Crippen molar-refractivity contribution in [3.05, 3.63) is 53.7 Å². The van der Waals surface area contributed by atoms with Gasteiger partial charge in [-0.2, -0.15) is 0 Å². The molecule has 1 saturated heterocycles. The van der Waals surface area contributed by atoms with E-state index in [2.05, 4.69) is 26.6 Å². The lowest BCUT2D eigenvalue weighted by molar-refractivity contribution is -0.122. The number of aliphatic imine (C=N–C) groups is 1. The number of amides is 1. The summed E-state index contributed by atoms with van der Waals surface area (Å²) in [5.41, 5.74) is 7.67. The highest BCUT2D eigenvalue weighted by Crippen LogP contribution is 2.24. The monoisotopic (exact) mass is 424 g/mol. The van der Waals surface area contributed by atoms with Crippen molar-refractivity contribution in [3.63, 3.8) is 0 Å². The van der Waals surface area contributed by atoms with E-state index >= 15 is 0 Å². The highest BCUT2D eigenvalue weighted by molar-refractivity contribution is 5.80. The summed E-state index contributed by atoms with van der Waals surface area (Å²) in [5, 5.41) is 6.70. The fourth-order valence-corrected chi connectivity index (χ4v) is 3.65. The molecular weight excluding hydrogens is 392 g/mol. The van der Waals surface area contributed by atoms with Crippen LogP contribution in [0.3, 0.4) is 0 Å². The standard InChI is InChI=1S/C23H32N6O2/c1-3-25-23(27-15-17-6-8-20(31-2)9-7-17)28-16-19-5-4-12-26-22(19)29-13-10-18(11-14-29)21(24)30/h4-9,12,18H,3,10-11,13-16H2,1-2H3,(H2,24,30)(H2,25,27,28). The summed E-state index contributed by atoms with van der Waals surface area (Å²) in [5.74, 6) is 2.30. The number of hydrogen-bond donors (Lipinski definition) is 3. The second kappa shape index (κ2) is 11.2. The van der Waals surface area contributed by atoms with Crippen molar-refractivity contribution in [1.29, 1.82) is 0 Å². The molecule has 1 aromatic carbocycles. The number of anilines is 1. The summed E-state index contributed by atoms with van der Waals surface area (Å²) < 4.78 is 5.21. The van der Waals surface area contributed by atoms with Crippen LogP contribution in [0.5, 0.6) is 5.75 Å². The Bertz CT molecular complexity index is 876. The van der Waals surface area contributed by atoms with Crippen molar-refractivity contribution in [1.82, 2.24) is 15.6 Å². The van der Waals surface area contributed by atoms with Gasteiger partial charge >= 0.3 is 0 Å². The van der Waals surface area contributed by atoms with Crippen molar-refractivity contribution in [2.24, 2.45) is 16.6 Å². The Kier molecular flexibility index (Phi) is 8.09. The maximum absolute atomic E-state index is 11.5. The SMILES string of the molecule is CCNC(=NCc1ccc(OC)cc1)NCc1cccnc1N1CCC(C(N)=O)CC1. The van der Waals surface area contributed by atoms with Gasteiger partial charge in [-0.3, -0.25) is 4.79 Å². The number of nitrogens with one attached hydrogen (secondary N) is 2. The van der Waals surface area contributed by atoms with Crippen LogP contribution >= 0.6 is 0 Å². The van der Waals surface area contributed by atoms with Gasteiger partial charge in [-0.05, 0) is 43.5 Å². The number of carbonyl (C=O) groups is 1. The summed E-state index contributed by atoms with van der Waals surface area (Å²) in [4.78, 5) is 23.0. The number of ether oxygens (including phenoxy) is 1. The molecule has 0 unspecified atom stereocenters. The zero-order valence-electron chi connectivity index (χ0n) is 18.3. The summed E-state index contributed by atoms with van der Waals surface area (Å²) in [6.45, 7) is 5.55. The molecule has 2 heterocycles. The maximum Gasteiger partial charge on any atom is 0.220 e. The van der Waals surface area contributed by atoms with Gasteiger partial charge in [0.1, 0.15) is 11.6 Å². The molecule has 0 aliphatic carbocycles. The average Bonchev–Trinajstić information content (AvgIpc) is 2.81. The van der Waals surface area contributed by atoms with E-state index in [9.17, 15) is 4.79 Å². The molecule has 4 N–H and O–H groups in total. The van der Waals surface area contributed by atoms with Crippen LogP contribution in [0.15, 0.2) is 47.6 Å². The van der Waals surface area contributed by atoms with Crippen LogP contribution in [-0.4, -0.2) is 43.6 Å². The fraction of sp³-hybridized carbons (Fsp3) is 0.435. The van der Waals surface area contributed by atoms with Gasteiger partial charge in [0.2, 0.25) is 5.91 Å². The smallest absolute Gasteiger partial charge is 0.220 e. The normalized spacial score (nSPS) is 14.9. The molecule has 8 nitrogen and oxygen atoms in total. The van der Waals surface area contributed by atoms with Crippen LogP contribution in [-0.2, 0) is 17.9 Å². The Morgan fingerprint density at radius 2 is 1.97 bits per heavy atom. The molecule has 1 aliphatic heterocycles. The number of aromatic nitrogens is 1. The van der Waals surface area contributed by atoms with E-state index in [1.165, 1.54) is 0 Å². The van der Waals surface area contributed by atoms with Crippen molar-refractivity contribution in [2.75, 3.05) is 31.6 Å². The zero-order chi connectivity index (χ0) is 22.1. The average molecular weight is 425 g/mol. The predicted octanol–water partition coefficient (Wildman–Crippen LogP) is 2.05. The highest BCUT2D eigenvalue weighted by atomic mass is 16.5. The minimum absolute atomic E-state index is 0.0352. The van der Waals surface area contributed by atoms with Crippen molar-refractivity contribution >= 4 is 17.7 Å². The Hall–Kier alpha value is -3.29. The van der Waals surface area contributed by atoms with E-state index in [0.717, 1.165) is 61.1 Å². The molecule has 0 bridgehead atoms. The van der Waals surface area contributed by atoms with Gasteiger partial charge in [0.15, 0.2) is 5.96 Å². The van der Waals surface area contributed by atoms with Gasteiger partial charge in [0.25, 0.3) is 0 Å². The fourth-order valence-electron chi connectivity index (χ4n) is 3.65. The molecule has 0 spiro atoms. The number of nitrogens with two attached hydrogens (primary N) is 1. The minimum atomic E-state index is -0.203. The van der Waals surface area contributed by atoms with E-state index in [1.54, 1.807) is 7.11 Å². The van der Waals surface area contributed by atoms with Gasteiger partial charge in [0.05, 0.1) is 13.7 Å². The van der Waals surface area contributed by atoms with Crippen molar-refractivity contribution in [2.45, 2.75) is 32.9 Å². The molecule has 1 amide bonds. The number of pyridine rings is 1. The largest absolute Gasteiger partial charge is 0.497 e. The van der Waals surface area contributed by atoms with E-state index in [0.29, 0.717) is 13.1 Å². The van der Waals surface area contributed by atoms with Gasteiger partial charge in [-0.15, -0.1) is 0 Å². The van der Waals surface area contributed by atoms with Crippen LogP contribution < -0.4 is 26.0 Å². The van der Waals surface area contributed by atoms with Crippen LogP contribution in [0.2, 0.25) is 0 Å². The number of benzene rings is 1. The molecule has 3 rings (SSSR count). The zero-order valence-corrected chi connectivity index (χ0v) is 18.3. The number of nitrogens with zero attached hydrogens (tertiary/aromatic N) is 3. The molecule has 0 atom stereocenters. The number of primary amides is 1. The second-order valence-electron chi connectivity index (χ2n) is 7.55. The first-order valence-corrected chi connectivity index (χ1v) is 10.7. The molecule has 2 aromatic rings. The molecule has 0 radical (unpaired) electrons. The lowest BCUT2D eigenvalue weighted by Gasteiger charge is -2.32. The molecular formula is C23H32N6O2. The van der Waals surface area contributed by atoms with Gasteiger partial charge in [-0.25, -0.2) is 9.98 Å². The summed E-state index contributed by atoms with van der Waals surface area (Å²) in [6, 6.07) is 11.9. The van der Waals surface area contributed by atoms with Crippen LogP contribution in [0.1, 0.15) is 30.9 Å². The number of methoxy groups -OCH3 is 1. The lowest BCUT2D eigenvalue weighted by Crippen LogP contribution is -2.40. The number of guanidine groups is 1. The molecule has 1 aliphatic rings. The number of piperidine rings is 1. The molecule has 31 heavy (non-hydrogen) atoms.